The predicted molar refractivity (Wildman–Crippen MR) is 186 cm³/mol. The van der Waals surface area contributed by atoms with E-state index in [1.807, 2.05) is 56.3 Å². The predicted octanol–water partition coefficient (Wildman–Crippen LogP) is 7.35. The second-order valence-corrected chi connectivity index (χ2v) is 14.6. The molecule has 1 fully saturated rings. The number of rotatable bonds is 16. The topological polar surface area (TPSA) is 164 Å². The third kappa shape index (κ3) is 13.2. The summed E-state index contributed by atoms with van der Waals surface area (Å²) in [7, 11) is -4.58. The normalized spacial score (nSPS) is 17.1. The molecule has 2 amide bonds. The Bertz CT molecular complexity index is 1390. The molecule has 12 nitrogen and oxygen atoms in total. The van der Waals surface area contributed by atoms with Crippen LogP contribution in [-0.2, 0) is 28.2 Å². The number of benzene rings is 2. The molecule has 1 aliphatic carbocycles. The average molecular weight is 690 g/mol. The van der Waals surface area contributed by atoms with Gasteiger partial charge in [-0.05, 0) is 86.6 Å². The summed E-state index contributed by atoms with van der Waals surface area (Å²) in [5.74, 6) is -0.931. The summed E-state index contributed by atoms with van der Waals surface area (Å²) in [5.41, 5.74) is 4.16. The number of phosphoric ester groups is 1. The van der Waals surface area contributed by atoms with E-state index < -0.39 is 38.6 Å². The fraction of sp³-hybridized carbons (Fsp3) is 0.571. The zero-order chi connectivity index (χ0) is 35.4. The lowest BCUT2D eigenvalue weighted by molar-refractivity contribution is -0.171. The number of ether oxygens (including phenoxy) is 2. The van der Waals surface area contributed by atoms with Crippen molar-refractivity contribution in [3.05, 3.63) is 53.6 Å². The molecule has 0 radical (unpaired) electrons. The molecule has 0 bridgehead atoms. The van der Waals surface area contributed by atoms with Crippen LogP contribution in [0.15, 0.2) is 42.5 Å². The minimum absolute atomic E-state index is 0.0505. The van der Waals surface area contributed by atoms with Crippen molar-refractivity contribution in [2.75, 3.05) is 35.4 Å². The average Bonchev–Trinajstić information content (AvgIpc) is 2.99. The van der Waals surface area contributed by atoms with Crippen LogP contribution in [0.4, 0.5) is 21.9 Å². The number of nitrogens with one attached hydrogen (secondary N) is 2. The van der Waals surface area contributed by atoms with Gasteiger partial charge in [0.15, 0.2) is 0 Å². The molecule has 0 heterocycles. The molecule has 2 aromatic rings. The highest BCUT2D eigenvalue weighted by Gasteiger charge is 2.31. The van der Waals surface area contributed by atoms with Gasteiger partial charge in [0.1, 0.15) is 0 Å². The molecule has 4 N–H and O–H groups in total. The number of carbonyl (C=O) groups is 3. The summed E-state index contributed by atoms with van der Waals surface area (Å²) in [6.45, 7) is 13.7. The SMILES string of the molecule is CC[C@@H](CC(=O)OCOC(=O)C1CCC(OP(=O)(O)O)CC1)c1ccc(N(CC(C)C)CC(C)C)c(NC(=O)Nc2ccc(C)cc2)c1. The Morgan fingerprint density at radius 1 is 0.917 bits per heavy atom. The molecule has 0 spiro atoms. The van der Waals surface area contributed by atoms with Crippen LogP contribution in [0.3, 0.4) is 0 Å². The van der Waals surface area contributed by atoms with Crippen LogP contribution in [0.5, 0.6) is 0 Å². The van der Waals surface area contributed by atoms with Gasteiger partial charge in [-0.25, -0.2) is 9.36 Å². The number of hydrogen-bond acceptors (Lipinski definition) is 8. The Hall–Kier alpha value is -3.44. The van der Waals surface area contributed by atoms with Crippen molar-refractivity contribution in [2.24, 2.45) is 17.8 Å². The first kappa shape index (κ1) is 39.0. The lowest BCUT2D eigenvalue weighted by atomic mass is 9.88. The number of phosphoric acid groups is 1. The number of esters is 2. The minimum atomic E-state index is -4.58. The highest BCUT2D eigenvalue weighted by Crippen LogP contribution is 2.42. The van der Waals surface area contributed by atoms with E-state index in [0.29, 0.717) is 55.3 Å². The first-order chi connectivity index (χ1) is 22.6. The van der Waals surface area contributed by atoms with E-state index in [2.05, 4.69) is 43.2 Å². The number of urea groups is 1. The number of anilines is 3. The summed E-state index contributed by atoms with van der Waals surface area (Å²) in [5, 5.41) is 5.96. The molecule has 1 atom stereocenters. The van der Waals surface area contributed by atoms with Crippen LogP contribution in [0.25, 0.3) is 0 Å². The molecule has 3 rings (SSSR count). The zero-order valence-corrected chi connectivity index (χ0v) is 29.8. The van der Waals surface area contributed by atoms with E-state index in [0.717, 1.165) is 29.9 Å². The third-order valence-electron chi connectivity index (χ3n) is 8.18. The molecular formula is C35H52N3O9P. The van der Waals surface area contributed by atoms with Crippen LogP contribution in [0, 0.1) is 24.7 Å². The molecule has 1 saturated carbocycles. The second-order valence-electron chi connectivity index (χ2n) is 13.4. The van der Waals surface area contributed by atoms with Gasteiger partial charge in [0, 0.05) is 18.8 Å². The molecule has 0 saturated heterocycles. The number of amides is 2. The van der Waals surface area contributed by atoms with Crippen molar-refractivity contribution in [3.8, 4) is 0 Å². The maximum atomic E-state index is 13.2. The van der Waals surface area contributed by atoms with Crippen molar-refractivity contribution in [2.45, 2.75) is 92.1 Å². The largest absolute Gasteiger partial charge is 0.469 e. The third-order valence-corrected chi connectivity index (χ3v) is 8.76. The van der Waals surface area contributed by atoms with E-state index in [1.165, 1.54) is 0 Å². The smallest absolute Gasteiger partial charge is 0.428 e. The molecule has 2 aromatic carbocycles. The van der Waals surface area contributed by atoms with Gasteiger partial charge in [-0.2, -0.15) is 0 Å². The van der Waals surface area contributed by atoms with E-state index in [-0.39, 0.29) is 18.4 Å². The van der Waals surface area contributed by atoms with Crippen LogP contribution in [-0.4, -0.2) is 53.7 Å². The van der Waals surface area contributed by atoms with Gasteiger partial charge in [-0.1, -0.05) is 58.4 Å². The summed E-state index contributed by atoms with van der Waals surface area (Å²) >= 11 is 0. The Morgan fingerprint density at radius 2 is 1.54 bits per heavy atom. The summed E-state index contributed by atoms with van der Waals surface area (Å²) in [6, 6.07) is 13.1. The Kier molecular flexibility index (Phi) is 14.9. The van der Waals surface area contributed by atoms with Crippen LogP contribution >= 0.6 is 7.82 Å². The number of aryl methyl sites for hydroxylation is 1. The number of carbonyl (C=O) groups excluding carboxylic acids is 3. The molecule has 0 unspecified atom stereocenters. The van der Waals surface area contributed by atoms with Crippen LogP contribution < -0.4 is 15.5 Å². The first-order valence-corrected chi connectivity index (χ1v) is 18.3. The quantitative estimate of drug-likeness (QED) is 0.0796. The summed E-state index contributed by atoms with van der Waals surface area (Å²) < 4.78 is 26.2. The highest BCUT2D eigenvalue weighted by molar-refractivity contribution is 7.46. The Morgan fingerprint density at radius 3 is 2.10 bits per heavy atom. The molecular weight excluding hydrogens is 637 g/mol. The monoisotopic (exact) mass is 689 g/mol. The first-order valence-electron chi connectivity index (χ1n) is 16.7. The molecule has 266 valence electrons. The molecule has 48 heavy (non-hydrogen) atoms. The van der Waals surface area contributed by atoms with Crippen molar-refractivity contribution in [1.29, 1.82) is 0 Å². The van der Waals surface area contributed by atoms with Gasteiger partial charge in [-0.15, -0.1) is 0 Å². The van der Waals surface area contributed by atoms with E-state index in [4.69, 9.17) is 23.8 Å². The Balaban J connectivity index is 1.67. The van der Waals surface area contributed by atoms with Crippen molar-refractivity contribution in [3.63, 3.8) is 0 Å². The number of hydrogen-bond donors (Lipinski definition) is 4. The molecule has 1 aliphatic rings. The van der Waals surface area contributed by atoms with Gasteiger partial charge in [-0.3, -0.25) is 14.1 Å². The summed E-state index contributed by atoms with van der Waals surface area (Å²) in [4.78, 5) is 58.8. The zero-order valence-electron chi connectivity index (χ0n) is 28.9. The second kappa shape index (κ2) is 18.4. The van der Waals surface area contributed by atoms with Gasteiger partial charge in [0.2, 0.25) is 6.79 Å². The fourth-order valence-electron chi connectivity index (χ4n) is 5.89. The van der Waals surface area contributed by atoms with Crippen molar-refractivity contribution in [1.82, 2.24) is 0 Å². The Labute approximate surface area is 284 Å². The van der Waals surface area contributed by atoms with Crippen LogP contribution in [0.1, 0.15) is 90.2 Å². The molecule has 0 aliphatic heterocycles. The molecule has 13 heteroatoms. The van der Waals surface area contributed by atoms with Gasteiger partial charge >= 0.3 is 25.8 Å². The van der Waals surface area contributed by atoms with Gasteiger partial charge in [0.25, 0.3) is 0 Å². The lowest BCUT2D eigenvalue weighted by Gasteiger charge is -2.31. The van der Waals surface area contributed by atoms with Gasteiger partial charge in [0.05, 0.1) is 29.8 Å². The van der Waals surface area contributed by atoms with Crippen molar-refractivity contribution >= 4 is 42.9 Å². The van der Waals surface area contributed by atoms with Gasteiger partial charge < -0.3 is 34.8 Å². The number of nitrogens with zero attached hydrogens (tertiary/aromatic N) is 1. The molecule has 0 aromatic heterocycles. The lowest BCUT2D eigenvalue weighted by Crippen LogP contribution is -2.32. The fourth-order valence-corrected chi connectivity index (χ4v) is 6.48. The highest BCUT2D eigenvalue weighted by atomic mass is 31.2. The maximum Gasteiger partial charge on any atom is 0.469 e. The van der Waals surface area contributed by atoms with Crippen molar-refractivity contribution < 1.29 is 42.7 Å². The van der Waals surface area contributed by atoms with E-state index in [1.54, 1.807) is 0 Å². The van der Waals surface area contributed by atoms with E-state index in [9.17, 15) is 18.9 Å². The van der Waals surface area contributed by atoms with Crippen LogP contribution in [0.2, 0.25) is 0 Å². The standard InChI is InChI=1S/C35H52N3O9P/c1-7-26(19-33(39)45-22-46-34(40)27-10-15-30(16-11-27)47-48(42,43)44)28-12-17-32(38(20-23(2)3)21-24(4)5)31(18-28)37-35(41)36-29-13-8-25(6)9-14-29/h8-9,12-14,17-18,23-24,26-27,30H,7,10-11,15-16,19-22H2,1-6H3,(H2,36,37,41)(H2,42,43,44)/t26-,27?,30?/m0/s1. The maximum absolute atomic E-state index is 13.2. The summed E-state index contributed by atoms with van der Waals surface area (Å²) in [6.07, 6.45) is 1.42. The minimum Gasteiger partial charge on any atom is -0.428 e. The van der Waals surface area contributed by atoms with E-state index >= 15 is 0 Å².